The first kappa shape index (κ1) is 17.8. The van der Waals surface area contributed by atoms with Crippen molar-refractivity contribution >= 4 is 33.0 Å². The van der Waals surface area contributed by atoms with Crippen molar-refractivity contribution in [2.24, 2.45) is 0 Å². The summed E-state index contributed by atoms with van der Waals surface area (Å²) in [5.74, 6) is 0. The third-order valence-corrected chi connectivity index (χ3v) is 20.0. The Hall–Kier alpha value is -0.581. The van der Waals surface area contributed by atoms with Gasteiger partial charge in [0.2, 0.25) is 0 Å². The first-order chi connectivity index (χ1) is 10.8. The molecule has 22 heavy (non-hydrogen) atoms. The van der Waals surface area contributed by atoms with Crippen molar-refractivity contribution in [3.05, 3.63) is 18.5 Å². The Labute approximate surface area is 139 Å². The van der Waals surface area contributed by atoms with Crippen molar-refractivity contribution in [1.82, 2.24) is 15.2 Å². The van der Waals surface area contributed by atoms with Gasteiger partial charge in [0.1, 0.15) is 0 Å². The van der Waals surface area contributed by atoms with E-state index in [0.717, 1.165) is 5.52 Å². The molecule has 0 radical (unpaired) electrons. The average Bonchev–Trinajstić information content (AvgIpc) is 3.02. The van der Waals surface area contributed by atoms with E-state index in [-0.39, 0.29) is 0 Å². The molecule has 0 saturated carbocycles. The molecular weight excluding hydrogens is 377 g/mol. The third kappa shape index (κ3) is 4.24. The van der Waals surface area contributed by atoms with Crippen LogP contribution >= 0.6 is 0 Å². The molecule has 0 atom stereocenters. The molecule has 122 valence electrons. The van der Waals surface area contributed by atoms with E-state index in [2.05, 4.69) is 37.0 Å². The van der Waals surface area contributed by atoms with Crippen molar-refractivity contribution in [3.63, 3.8) is 0 Å². The molecule has 0 bridgehead atoms. The number of pyridine rings is 1. The molecule has 0 aliphatic carbocycles. The van der Waals surface area contributed by atoms with Crippen LogP contribution in [0.1, 0.15) is 59.3 Å². The van der Waals surface area contributed by atoms with Crippen LogP contribution in [-0.2, 0) is 0 Å². The zero-order valence-electron chi connectivity index (χ0n) is 14.5. The number of rotatable bonds is 10. The molecular formula is C18H31N3Sn. The molecule has 1 N–H and O–H groups in total. The van der Waals surface area contributed by atoms with Crippen LogP contribution in [0.3, 0.4) is 0 Å². The molecule has 0 aliphatic heterocycles. The van der Waals surface area contributed by atoms with Gasteiger partial charge >= 0.3 is 139 Å². The van der Waals surface area contributed by atoms with Crippen LogP contribution in [0.5, 0.6) is 0 Å². The monoisotopic (exact) mass is 409 g/mol. The van der Waals surface area contributed by atoms with Gasteiger partial charge in [0.05, 0.1) is 0 Å². The predicted molar refractivity (Wildman–Crippen MR) is 98.4 cm³/mol. The van der Waals surface area contributed by atoms with E-state index < -0.39 is 18.4 Å². The summed E-state index contributed by atoms with van der Waals surface area (Å²) in [4.78, 5) is 4.93. The van der Waals surface area contributed by atoms with Gasteiger partial charge in [0, 0.05) is 0 Å². The van der Waals surface area contributed by atoms with Gasteiger partial charge in [0.15, 0.2) is 0 Å². The molecule has 0 amide bonds. The van der Waals surface area contributed by atoms with Crippen LogP contribution in [0, 0.1) is 0 Å². The number of aromatic amines is 1. The Morgan fingerprint density at radius 2 is 1.50 bits per heavy atom. The minimum absolute atomic E-state index is 1.07. The fourth-order valence-electron chi connectivity index (χ4n) is 3.44. The van der Waals surface area contributed by atoms with E-state index in [1.54, 1.807) is 0 Å². The molecule has 2 heterocycles. The normalized spacial score (nSPS) is 12.1. The Balaban J connectivity index is 2.36. The molecule has 0 fully saturated rings. The standard InChI is InChI=1S/C6H4N3.3C4H9.Sn/c1-2-7-4-6-5(1)3-8-9-6;3*1-3-4-2;/h1,3-4H,(H,8,9);3*1,3-4H2,2H3;. The molecule has 0 aromatic carbocycles. The molecule has 2 rings (SSSR count). The Kier molecular flexibility index (Phi) is 7.19. The summed E-state index contributed by atoms with van der Waals surface area (Å²) in [6, 6.07) is 2.37. The van der Waals surface area contributed by atoms with Gasteiger partial charge in [-0.1, -0.05) is 0 Å². The van der Waals surface area contributed by atoms with Crippen LogP contribution in [0.4, 0.5) is 0 Å². The number of unbranched alkanes of at least 4 members (excludes halogenated alkanes) is 3. The predicted octanol–water partition coefficient (Wildman–Crippen LogP) is 5.01. The molecule has 0 spiro atoms. The van der Waals surface area contributed by atoms with Gasteiger partial charge < -0.3 is 0 Å². The van der Waals surface area contributed by atoms with Crippen LogP contribution in [0.25, 0.3) is 10.9 Å². The van der Waals surface area contributed by atoms with E-state index >= 15 is 0 Å². The number of nitrogens with one attached hydrogen (secondary N) is 1. The second-order valence-electron chi connectivity index (χ2n) is 6.62. The molecule has 0 saturated heterocycles. The van der Waals surface area contributed by atoms with Crippen molar-refractivity contribution in [2.75, 3.05) is 0 Å². The topological polar surface area (TPSA) is 41.6 Å². The van der Waals surface area contributed by atoms with E-state index in [1.165, 1.54) is 60.9 Å². The van der Waals surface area contributed by atoms with Crippen molar-refractivity contribution in [3.8, 4) is 0 Å². The number of hydrogen-bond acceptors (Lipinski definition) is 2. The summed E-state index contributed by atoms with van der Waals surface area (Å²) >= 11 is -2.37. The third-order valence-electron chi connectivity index (χ3n) is 4.89. The van der Waals surface area contributed by atoms with Crippen molar-refractivity contribution in [2.45, 2.75) is 72.6 Å². The van der Waals surface area contributed by atoms with Crippen LogP contribution in [-0.4, -0.2) is 33.6 Å². The molecule has 0 unspecified atom stereocenters. The fraction of sp³-hybridized carbons (Fsp3) is 0.667. The van der Waals surface area contributed by atoms with E-state index in [1.807, 2.05) is 12.4 Å². The number of nitrogens with zero attached hydrogens (tertiary/aromatic N) is 2. The summed E-state index contributed by atoms with van der Waals surface area (Å²) < 4.78 is 5.92. The second kappa shape index (κ2) is 8.90. The van der Waals surface area contributed by atoms with Crippen LogP contribution in [0.2, 0.25) is 13.3 Å². The second-order valence-corrected chi connectivity index (χ2v) is 19.7. The first-order valence-electron chi connectivity index (χ1n) is 9.05. The molecule has 2 aromatic heterocycles. The quantitative estimate of drug-likeness (QED) is 0.562. The van der Waals surface area contributed by atoms with Gasteiger partial charge in [-0.2, -0.15) is 0 Å². The average molecular weight is 408 g/mol. The van der Waals surface area contributed by atoms with Gasteiger partial charge in [-0.15, -0.1) is 0 Å². The van der Waals surface area contributed by atoms with Crippen LogP contribution < -0.4 is 3.71 Å². The summed E-state index contributed by atoms with van der Waals surface area (Å²) in [5.41, 5.74) is 1.07. The Morgan fingerprint density at radius 3 is 2.05 bits per heavy atom. The van der Waals surface area contributed by atoms with E-state index in [0.29, 0.717) is 0 Å². The fourth-order valence-corrected chi connectivity index (χ4v) is 18.9. The maximum atomic E-state index is 4.93. The zero-order valence-corrected chi connectivity index (χ0v) is 17.3. The Morgan fingerprint density at radius 1 is 0.909 bits per heavy atom. The van der Waals surface area contributed by atoms with Gasteiger partial charge in [-0.05, 0) is 0 Å². The van der Waals surface area contributed by atoms with Gasteiger partial charge in [-0.3, -0.25) is 0 Å². The summed E-state index contributed by atoms with van der Waals surface area (Å²) in [6.07, 6.45) is 12.1. The van der Waals surface area contributed by atoms with Gasteiger partial charge in [-0.25, -0.2) is 0 Å². The zero-order chi connectivity index (χ0) is 15.8. The molecule has 3 nitrogen and oxygen atoms in total. The van der Waals surface area contributed by atoms with Crippen molar-refractivity contribution in [1.29, 1.82) is 0 Å². The number of hydrogen-bond donors (Lipinski definition) is 1. The summed E-state index contributed by atoms with van der Waals surface area (Å²) in [5, 5.41) is 8.45. The summed E-state index contributed by atoms with van der Waals surface area (Å²) in [6.45, 7) is 6.97. The number of H-pyrrole nitrogens is 1. The van der Waals surface area contributed by atoms with E-state index in [9.17, 15) is 0 Å². The molecule has 2 aromatic rings. The summed E-state index contributed by atoms with van der Waals surface area (Å²) in [7, 11) is 0. The number of fused-ring (bicyclic) bond motifs is 1. The van der Waals surface area contributed by atoms with Gasteiger partial charge in [0.25, 0.3) is 0 Å². The molecule has 0 aliphatic rings. The maximum absolute atomic E-state index is 4.93. The molecule has 4 heteroatoms. The van der Waals surface area contributed by atoms with Crippen molar-refractivity contribution < 1.29 is 0 Å². The SMILES string of the molecule is CCC[CH2][Sn]([CH2]CCC)([CH2]CCC)[c]1cc2cn[nH]c2cn1. The van der Waals surface area contributed by atoms with E-state index in [4.69, 9.17) is 4.98 Å². The minimum atomic E-state index is -2.37. The Bertz CT molecular complexity index is 542. The first-order valence-corrected chi connectivity index (χ1v) is 16.5. The van der Waals surface area contributed by atoms with Crippen LogP contribution in [0.15, 0.2) is 18.5 Å². The number of aromatic nitrogens is 3.